The minimum Gasteiger partial charge on any atom is -0.456 e. The lowest BCUT2D eigenvalue weighted by Crippen LogP contribution is -2.33. The molecule has 180 valence electrons. The van der Waals surface area contributed by atoms with Crippen molar-refractivity contribution in [3.63, 3.8) is 0 Å². The summed E-state index contributed by atoms with van der Waals surface area (Å²) in [6.45, 7) is 6.02. The third-order valence-corrected chi connectivity index (χ3v) is 7.17. The summed E-state index contributed by atoms with van der Waals surface area (Å²) < 4.78 is 12.8. The van der Waals surface area contributed by atoms with Crippen LogP contribution in [0, 0.1) is 0 Å². The number of benzene rings is 4. The van der Waals surface area contributed by atoms with Gasteiger partial charge in [-0.2, -0.15) is 0 Å². The van der Waals surface area contributed by atoms with Gasteiger partial charge in [-0.3, -0.25) is 0 Å². The number of nitrogens with zero attached hydrogens (tertiary/aromatic N) is 1. The molecular formula is C30H25ClN2O3. The lowest BCUT2D eigenvalue weighted by atomic mass is 9.77. The SMILES string of the molecule is CCN(CC)c1ccc2c(c1)Oc1ccc(Nc3cccc(Cl)c3)cc1C21OC(=O)c2ccccc21. The molecule has 2 aliphatic heterocycles. The van der Waals surface area contributed by atoms with Crippen LogP contribution in [-0.2, 0) is 10.3 Å². The molecule has 1 unspecified atom stereocenters. The largest absolute Gasteiger partial charge is 0.456 e. The normalized spacial score (nSPS) is 17.0. The van der Waals surface area contributed by atoms with Gasteiger partial charge in [0.05, 0.1) is 5.56 Å². The minimum atomic E-state index is -1.11. The summed E-state index contributed by atoms with van der Waals surface area (Å²) in [6, 6.07) is 27.1. The van der Waals surface area contributed by atoms with E-state index >= 15 is 0 Å². The number of fused-ring (bicyclic) bond motifs is 6. The number of rotatable bonds is 5. The van der Waals surface area contributed by atoms with Gasteiger partial charge in [-0.1, -0.05) is 35.9 Å². The molecule has 2 aliphatic rings. The Morgan fingerprint density at radius 1 is 0.806 bits per heavy atom. The van der Waals surface area contributed by atoms with Gasteiger partial charge in [-0.25, -0.2) is 4.79 Å². The maximum absolute atomic E-state index is 13.1. The number of halogens is 1. The molecule has 2 heterocycles. The molecule has 6 rings (SSSR count). The second-order valence-corrected chi connectivity index (χ2v) is 9.35. The summed E-state index contributed by atoms with van der Waals surface area (Å²) in [5, 5.41) is 4.06. The lowest BCUT2D eigenvalue weighted by Gasteiger charge is -2.37. The summed E-state index contributed by atoms with van der Waals surface area (Å²) in [7, 11) is 0. The molecule has 0 fully saturated rings. The number of anilines is 3. The van der Waals surface area contributed by atoms with Crippen molar-refractivity contribution in [2.45, 2.75) is 19.4 Å². The van der Waals surface area contributed by atoms with Crippen LogP contribution in [-0.4, -0.2) is 19.1 Å². The first kappa shape index (κ1) is 22.5. The molecular weight excluding hydrogens is 472 g/mol. The maximum Gasteiger partial charge on any atom is 0.340 e. The predicted octanol–water partition coefficient (Wildman–Crippen LogP) is 7.50. The molecule has 0 aromatic heterocycles. The highest BCUT2D eigenvalue weighted by Gasteiger charge is 2.53. The van der Waals surface area contributed by atoms with Gasteiger partial charge >= 0.3 is 5.97 Å². The van der Waals surface area contributed by atoms with Crippen molar-refractivity contribution in [3.8, 4) is 11.5 Å². The topological polar surface area (TPSA) is 50.8 Å². The molecule has 0 aliphatic carbocycles. The highest BCUT2D eigenvalue weighted by atomic mass is 35.5. The second-order valence-electron chi connectivity index (χ2n) is 8.92. The zero-order valence-corrected chi connectivity index (χ0v) is 20.8. The molecule has 4 aromatic rings. The first-order valence-electron chi connectivity index (χ1n) is 12.1. The number of carbonyl (C=O) groups excluding carboxylic acids is 1. The fourth-order valence-corrected chi connectivity index (χ4v) is 5.45. The van der Waals surface area contributed by atoms with Crippen molar-refractivity contribution in [1.82, 2.24) is 0 Å². The van der Waals surface area contributed by atoms with Crippen LogP contribution < -0.4 is 15.0 Å². The van der Waals surface area contributed by atoms with Crippen LogP contribution in [0.2, 0.25) is 5.02 Å². The Kier molecular flexibility index (Phi) is 5.38. The Hall–Kier alpha value is -3.96. The fourth-order valence-electron chi connectivity index (χ4n) is 5.26. The first-order chi connectivity index (χ1) is 17.5. The predicted molar refractivity (Wildman–Crippen MR) is 143 cm³/mol. The van der Waals surface area contributed by atoms with Crippen LogP contribution in [0.15, 0.2) is 84.9 Å². The van der Waals surface area contributed by atoms with Crippen LogP contribution in [0.4, 0.5) is 17.1 Å². The number of ether oxygens (including phenoxy) is 2. The molecule has 5 nitrogen and oxygen atoms in total. The zero-order chi connectivity index (χ0) is 24.9. The smallest absolute Gasteiger partial charge is 0.340 e. The van der Waals surface area contributed by atoms with Crippen molar-refractivity contribution in [1.29, 1.82) is 0 Å². The van der Waals surface area contributed by atoms with Crippen molar-refractivity contribution < 1.29 is 14.3 Å². The van der Waals surface area contributed by atoms with Gasteiger partial charge in [-0.05, 0) is 68.4 Å². The number of esters is 1. The van der Waals surface area contributed by atoms with Crippen molar-refractivity contribution in [3.05, 3.63) is 112 Å². The van der Waals surface area contributed by atoms with Crippen LogP contribution in [0.25, 0.3) is 0 Å². The molecule has 0 bridgehead atoms. The molecule has 6 heteroatoms. The van der Waals surface area contributed by atoms with Crippen LogP contribution in [0.3, 0.4) is 0 Å². The number of carbonyl (C=O) groups is 1. The van der Waals surface area contributed by atoms with E-state index in [0.717, 1.165) is 46.8 Å². The Morgan fingerprint density at radius 2 is 1.61 bits per heavy atom. The van der Waals surface area contributed by atoms with Gasteiger partial charge in [0.2, 0.25) is 0 Å². The van der Waals surface area contributed by atoms with E-state index in [0.29, 0.717) is 22.1 Å². The molecule has 1 spiro atoms. The van der Waals surface area contributed by atoms with Crippen LogP contribution in [0.5, 0.6) is 11.5 Å². The zero-order valence-electron chi connectivity index (χ0n) is 20.0. The summed E-state index contributed by atoms with van der Waals surface area (Å²) in [4.78, 5) is 15.4. The van der Waals surface area contributed by atoms with E-state index in [1.165, 1.54) is 0 Å². The summed E-state index contributed by atoms with van der Waals surface area (Å²) in [5.41, 5.74) is 4.62. The van der Waals surface area contributed by atoms with Gasteiger partial charge in [0.1, 0.15) is 11.5 Å². The molecule has 0 saturated heterocycles. The van der Waals surface area contributed by atoms with E-state index in [4.69, 9.17) is 21.1 Å². The summed E-state index contributed by atoms with van der Waals surface area (Å²) in [5.74, 6) is 0.998. The monoisotopic (exact) mass is 496 g/mol. The maximum atomic E-state index is 13.1. The fraction of sp³-hybridized carbons (Fsp3) is 0.167. The van der Waals surface area contributed by atoms with Crippen LogP contribution >= 0.6 is 11.6 Å². The third-order valence-electron chi connectivity index (χ3n) is 6.94. The minimum absolute atomic E-state index is 0.342. The van der Waals surface area contributed by atoms with Gasteiger partial charge in [-0.15, -0.1) is 0 Å². The van der Waals surface area contributed by atoms with E-state index in [-0.39, 0.29) is 5.97 Å². The van der Waals surface area contributed by atoms with Gasteiger partial charge in [0.15, 0.2) is 5.60 Å². The van der Waals surface area contributed by atoms with Crippen molar-refractivity contribution in [2.75, 3.05) is 23.3 Å². The average molecular weight is 497 g/mol. The number of nitrogens with one attached hydrogen (secondary N) is 1. The first-order valence-corrected chi connectivity index (χ1v) is 12.5. The number of hydrogen-bond donors (Lipinski definition) is 1. The molecule has 1 atom stereocenters. The standard InChI is InChI=1S/C30H25ClN2O3/c1-3-33(4-2)22-13-14-25-28(18-22)35-27-15-12-21(32-20-9-7-8-19(31)16-20)17-26(27)30(25)24-11-6-5-10-23(24)29(34)36-30/h5-18,32H,3-4H2,1-2H3. The van der Waals surface area contributed by atoms with E-state index in [1.54, 1.807) is 0 Å². The molecule has 0 amide bonds. The highest BCUT2D eigenvalue weighted by molar-refractivity contribution is 6.30. The van der Waals surface area contributed by atoms with Crippen molar-refractivity contribution in [2.24, 2.45) is 0 Å². The third kappa shape index (κ3) is 3.42. The molecule has 0 saturated carbocycles. The van der Waals surface area contributed by atoms with E-state index in [1.807, 2.05) is 78.9 Å². The van der Waals surface area contributed by atoms with Crippen LogP contribution in [0.1, 0.15) is 40.9 Å². The van der Waals surface area contributed by atoms with E-state index in [2.05, 4.69) is 30.1 Å². The highest BCUT2D eigenvalue weighted by Crippen LogP contribution is 2.57. The molecule has 1 N–H and O–H groups in total. The number of hydrogen-bond acceptors (Lipinski definition) is 5. The lowest BCUT2D eigenvalue weighted by molar-refractivity contribution is 0.0224. The quantitative estimate of drug-likeness (QED) is 0.290. The Balaban J connectivity index is 1.54. The van der Waals surface area contributed by atoms with E-state index < -0.39 is 5.60 Å². The van der Waals surface area contributed by atoms with Gasteiger partial charge in [0, 0.05) is 57.9 Å². The average Bonchev–Trinajstić information content (AvgIpc) is 3.18. The van der Waals surface area contributed by atoms with Gasteiger partial charge in [0.25, 0.3) is 0 Å². The Bertz CT molecular complexity index is 1500. The summed E-state index contributed by atoms with van der Waals surface area (Å²) in [6.07, 6.45) is 0. The molecule has 36 heavy (non-hydrogen) atoms. The second kappa shape index (κ2) is 8.61. The Morgan fingerprint density at radius 3 is 2.42 bits per heavy atom. The summed E-state index contributed by atoms with van der Waals surface area (Å²) >= 11 is 6.19. The van der Waals surface area contributed by atoms with Crippen molar-refractivity contribution >= 4 is 34.6 Å². The molecule has 0 radical (unpaired) electrons. The molecule has 4 aromatic carbocycles. The van der Waals surface area contributed by atoms with E-state index in [9.17, 15) is 4.79 Å². The van der Waals surface area contributed by atoms with Gasteiger partial charge < -0.3 is 19.7 Å². The Labute approximate surface area is 215 Å².